The molecule has 0 aliphatic carbocycles. The van der Waals surface area contributed by atoms with Crippen LogP contribution in [0.2, 0.25) is 3.88 Å². The van der Waals surface area contributed by atoms with Crippen LogP contribution >= 0.6 is 7.82 Å². The molecule has 0 amide bonds. The van der Waals surface area contributed by atoms with Gasteiger partial charge in [0.1, 0.15) is 0 Å². The molecular weight excluding hydrogens is 331 g/mol. The Morgan fingerprint density at radius 1 is 1.00 bits per heavy atom. The Bertz CT molecular complexity index is 134. The zero-order valence-corrected chi connectivity index (χ0v) is 12.9. The molecule has 6 heteroatoms. The maximum absolute atomic E-state index is 8.55. The fraction of sp³-hybridized carbons (Fsp3) is 1.00. The largest absolute Gasteiger partial charge is 0.822 e. The van der Waals surface area contributed by atoms with Gasteiger partial charge in [0.05, 0.1) is 0 Å². The van der Waals surface area contributed by atoms with Crippen molar-refractivity contribution in [3.05, 3.63) is 0 Å². The van der Waals surface area contributed by atoms with E-state index in [2.05, 4.69) is 13.8 Å². The van der Waals surface area contributed by atoms with Gasteiger partial charge in [0, 0.05) is 0 Å². The van der Waals surface area contributed by atoms with Gasteiger partial charge in [-0.05, 0) is 0 Å². The minimum atomic E-state index is -5.39. The van der Waals surface area contributed by atoms with Crippen LogP contribution in [0.4, 0.5) is 0 Å². The van der Waals surface area contributed by atoms with Crippen molar-refractivity contribution in [2.45, 2.75) is 43.4 Å². The van der Waals surface area contributed by atoms with E-state index >= 15 is 0 Å². The quantitative estimate of drug-likeness (QED) is 0.521. The summed E-state index contributed by atoms with van der Waals surface area (Å²) in [5.41, 5.74) is 0. The van der Waals surface area contributed by atoms with E-state index in [4.69, 9.17) is 19.2 Å². The first kappa shape index (κ1) is 17.9. The number of rotatable bonds is 6. The Labute approximate surface area is 107 Å². The molecule has 0 saturated heterocycles. The summed E-state index contributed by atoms with van der Waals surface area (Å²) in [6.45, 7) is 4.59. The Hall–Kier alpha value is 1.49. The predicted octanol–water partition coefficient (Wildman–Crippen LogP) is 0.684. The first-order chi connectivity index (χ1) is 6.41. The van der Waals surface area contributed by atoms with Crippen molar-refractivity contribution in [3.63, 3.8) is 0 Å². The van der Waals surface area contributed by atoms with Crippen LogP contribution < -0.4 is 14.7 Å². The van der Waals surface area contributed by atoms with Crippen LogP contribution in [-0.2, 0) is 4.57 Å². The van der Waals surface area contributed by atoms with Crippen molar-refractivity contribution >= 4 is 7.82 Å². The third kappa shape index (κ3) is 37.5. The first-order valence-electron chi connectivity index (χ1n) is 4.85. The molecule has 0 rings (SSSR count). The zero-order valence-electron chi connectivity index (χ0n) is 8.82. The van der Waals surface area contributed by atoms with Crippen molar-refractivity contribution in [2.24, 2.45) is 0 Å². The van der Waals surface area contributed by atoms with E-state index in [9.17, 15) is 0 Å². The van der Waals surface area contributed by atoms with Crippen molar-refractivity contribution in [1.29, 1.82) is 0 Å². The van der Waals surface area contributed by atoms with Crippen molar-refractivity contribution in [3.8, 4) is 0 Å². The van der Waals surface area contributed by atoms with E-state index in [1.54, 1.807) is 3.88 Å². The zero-order chi connectivity index (χ0) is 11.4. The Kier molecular flexibility index (Phi) is 16.0. The fourth-order valence-electron chi connectivity index (χ4n) is 0.729. The SMILES string of the molecule is CCC[CH2][Ce+3][CH2]CCC.O=P([O-])([O-])[O-]. The molecule has 0 aromatic rings. The van der Waals surface area contributed by atoms with Crippen LogP contribution in [-0.4, -0.2) is 0 Å². The van der Waals surface area contributed by atoms with Gasteiger partial charge in [0.25, 0.3) is 0 Å². The number of hydrogen-bond donors (Lipinski definition) is 0. The maximum atomic E-state index is 8.55. The van der Waals surface area contributed by atoms with E-state index in [0.29, 0.717) is 0 Å². The average molecular weight is 349 g/mol. The number of phosphoric acid groups is 1. The van der Waals surface area contributed by atoms with Gasteiger partial charge < -0.3 is 19.2 Å². The van der Waals surface area contributed by atoms with Gasteiger partial charge in [-0.25, -0.2) is 0 Å². The average Bonchev–Trinajstić information content (AvgIpc) is 2.01. The van der Waals surface area contributed by atoms with E-state index in [-0.39, 0.29) is 37.6 Å². The van der Waals surface area contributed by atoms with E-state index < -0.39 is 7.82 Å². The summed E-state index contributed by atoms with van der Waals surface area (Å²) in [5, 5.41) is 0. The summed E-state index contributed by atoms with van der Waals surface area (Å²) in [7, 11) is -5.39. The van der Waals surface area contributed by atoms with E-state index in [1.165, 1.54) is 25.7 Å². The fourth-order valence-corrected chi connectivity index (χ4v) is 5.30. The smallest absolute Gasteiger partial charge is 0.159 e. The number of hydrogen-bond acceptors (Lipinski definition) is 4. The normalized spacial score (nSPS) is 10.1. The van der Waals surface area contributed by atoms with Crippen molar-refractivity contribution in [2.75, 3.05) is 0 Å². The van der Waals surface area contributed by atoms with Crippen molar-refractivity contribution < 1.29 is 56.8 Å². The van der Waals surface area contributed by atoms with E-state index in [1.807, 2.05) is 0 Å². The van der Waals surface area contributed by atoms with Crippen LogP contribution in [0.15, 0.2) is 0 Å². The molecule has 0 N–H and O–H groups in total. The molecule has 0 aliphatic rings. The number of unbranched alkanes of at least 4 members (excludes halogenated alkanes) is 2. The molecule has 0 aromatic carbocycles. The molecule has 0 radical (unpaired) electrons. The minimum Gasteiger partial charge on any atom is -0.822 e. The molecule has 83 valence electrons. The van der Waals surface area contributed by atoms with Gasteiger partial charge >= 0.3 is 81.0 Å². The molecule has 0 heterocycles. The molecule has 0 aromatic heterocycles. The summed E-state index contributed by atoms with van der Waals surface area (Å²) >= 11 is -0.0390. The standard InChI is InChI=1S/2C4H9.Ce.H3O4P/c2*1-3-4-2;;1-5(2,3)4/h2*1,3-4H2,2H3;;(H3,1,2,3,4)/q;;+3;/p-3. The van der Waals surface area contributed by atoms with Crippen LogP contribution in [0, 0.1) is 37.6 Å². The van der Waals surface area contributed by atoms with Gasteiger partial charge in [0.2, 0.25) is 0 Å². The molecule has 14 heavy (non-hydrogen) atoms. The molecule has 0 saturated carbocycles. The molecule has 0 spiro atoms. The molecule has 0 atom stereocenters. The Morgan fingerprint density at radius 3 is 1.50 bits per heavy atom. The maximum Gasteiger partial charge on any atom is -0.159 e. The van der Waals surface area contributed by atoms with Crippen LogP contribution in [0.1, 0.15) is 39.5 Å². The van der Waals surface area contributed by atoms with Gasteiger partial charge in [-0.3, -0.25) is 0 Å². The second-order valence-electron chi connectivity index (χ2n) is 2.90. The van der Waals surface area contributed by atoms with Crippen LogP contribution in [0.3, 0.4) is 0 Å². The van der Waals surface area contributed by atoms with Gasteiger partial charge in [0.15, 0.2) is 0 Å². The monoisotopic (exact) mass is 349 g/mol. The summed E-state index contributed by atoms with van der Waals surface area (Å²) in [6.07, 6.45) is 5.87. The molecular formula is C8H18CeO4P. The van der Waals surface area contributed by atoms with Crippen molar-refractivity contribution in [1.82, 2.24) is 0 Å². The minimum absolute atomic E-state index is 0.0390. The van der Waals surface area contributed by atoms with Gasteiger partial charge in [-0.1, -0.05) is 0 Å². The predicted molar refractivity (Wildman–Crippen MR) is 47.0 cm³/mol. The summed E-state index contributed by atoms with van der Waals surface area (Å²) in [6, 6.07) is 0. The third-order valence-electron chi connectivity index (χ3n) is 1.41. The molecule has 0 unspecified atom stereocenters. The van der Waals surface area contributed by atoms with E-state index in [0.717, 1.165) is 0 Å². The molecule has 0 fully saturated rings. The molecule has 4 nitrogen and oxygen atoms in total. The molecule has 0 bridgehead atoms. The third-order valence-corrected chi connectivity index (χ3v) is 5.85. The topological polar surface area (TPSA) is 86.2 Å². The summed E-state index contributed by atoms with van der Waals surface area (Å²) in [5.74, 6) is 0. The Morgan fingerprint density at radius 2 is 1.29 bits per heavy atom. The summed E-state index contributed by atoms with van der Waals surface area (Å²) in [4.78, 5) is 25.6. The van der Waals surface area contributed by atoms with Crippen LogP contribution in [0.25, 0.3) is 0 Å². The second-order valence-corrected chi connectivity index (χ2v) is 8.51. The summed E-state index contributed by atoms with van der Waals surface area (Å²) < 4.78 is 11.8. The Balaban J connectivity index is 0. The van der Waals surface area contributed by atoms with Gasteiger partial charge in [-0.2, -0.15) is 7.82 Å². The molecule has 0 aliphatic heterocycles. The first-order valence-corrected chi connectivity index (χ1v) is 10.8. The second kappa shape index (κ2) is 12.6. The van der Waals surface area contributed by atoms with Gasteiger partial charge in [-0.15, -0.1) is 0 Å². The van der Waals surface area contributed by atoms with Crippen LogP contribution in [0.5, 0.6) is 0 Å².